The molecule has 0 bridgehead atoms. The van der Waals surface area contributed by atoms with Crippen molar-refractivity contribution in [2.24, 2.45) is 0 Å². The van der Waals surface area contributed by atoms with Crippen LogP contribution in [0.2, 0.25) is 0 Å². The number of hydrogen-bond acceptors (Lipinski definition) is 1. The van der Waals surface area contributed by atoms with E-state index in [0.717, 1.165) is 38.6 Å². The van der Waals surface area contributed by atoms with E-state index in [9.17, 15) is 5.26 Å². The van der Waals surface area contributed by atoms with Gasteiger partial charge in [0.1, 0.15) is 0 Å². The van der Waals surface area contributed by atoms with Crippen LogP contribution >= 0.6 is 0 Å². The average Bonchev–Trinajstić information content (AvgIpc) is 3.47. The van der Waals surface area contributed by atoms with Gasteiger partial charge in [0, 0.05) is 16.5 Å². The van der Waals surface area contributed by atoms with Gasteiger partial charge in [-0.05, 0) is 103 Å². The molecule has 0 aliphatic heterocycles. The first-order valence-corrected chi connectivity index (χ1v) is 15.9. The van der Waals surface area contributed by atoms with Gasteiger partial charge in [-0.2, -0.15) is 5.26 Å². The van der Waals surface area contributed by atoms with E-state index in [1.807, 2.05) is 18.2 Å². The van der Waals surface area contributed by atoms with Crippen molar-refractivity contribution in [1.29, 1.82) is 5.26 Å². The van der Waals surface area contributed by atoms with Crippen molar-refractivity contribution in [3.05, 3.63) is 175 Å². The van der Waals surface area contributed by atoms with Gasteiger partial charge in [0.05, 0.1) is 22.7 Å². The number of nitriles is 1. The Hall–Kier alpha value is -6.43. The summed E-state index contributed by atoms with van der Waals surface area (Å²) in [5, 5.41) is 16.9. The van der Waals surface area contributed by atoms with Gasteiger partial charge in [0.15, 0.2) is 0 Å². The summed E-state index contributed by atoms with van der Waals surface area (Å²) in [5.41, 5.74) is 11.2. The van der Waals surface area contributed by atoms with Crippen LogP contribution in [0.1, 0.15) is 5.56 Å². The minimum Gasteiger partial charge on any atom is -0.309 e. The molecule has 47 heavy (non-hydrogen) atoms. The molecule has 0 aliphatic carbocycles. The van der Waals surface area contributed by atoms with Gasteiger partial charge >= 0.3 is 0 Å². The topological polar surface area (TPSA) is 28.7 Å². The molecule has 0 unspecified atom stereocenters. The van der Waals surface area contributed by atoms with Gasteiger partial charge in [-0.15, -0.1) is 0 Å². The lowest BCUT2D eigenvalue weighted by Gasteiger charge is -2.18. The van der Waals surface area contributed by atoms with Crippen LogP contribution in [0.4, 0.5) is 0 Å². The van der Waals surface area contributed by atoms with Crippen LogP contribution in [-0.4, -0.2) is 4.57 Å². The predicted octanol–water partition coefficient (Wildman–Crippen LogP) is 12.0. The molecule has 0 N–H and O–H groups in total. The highest BCUT2D eigenvalue weighted by molar-refractivity contribution is 6.22. The van der Waals surface area contributed by atoms with Crippen LogP contribution in [0.25, 0.3) is 82.4 Å². The Morgan fingerprint density at radius 3 is 1.45 bits per heavy atom. The fraction of sp³-hybridized carbons (Fsp3) is 0. The molecule has 0 spiro atoms. The molecule has 0 saturated heterocycles. The number of rotatable bonds is 4. The first-order chi connectivity index (χ1) is 23.3. The molecule has 1 heterocycles. The molecule has 0 radical (unpaired) electrons. The van der Waals surface area contributed by atoms with Crippen LogP contribution in [0, 0.1) is 11.3 Å². The number of aromatic nitrogens is 1. The summed E-state index contributed by atoms with van der Waals surface area (Å²) in [6.45, 7) is 0. The molecule has 0 saturated carbocycles. The average molecular weight is 597 g/mol. The van der Waals surface area contributed by atoms with E-state index in [1.54, 1.807) is 0 Å². The van der Waals surface area contributed by atoms with E-state index >= 15 is 0 Å². The Labute approximate surface area is 273 Å². The third-order valence-corrected chi connectivity index (χ3v) is 9.39. The number of fused-ring (bicyclic) bond motifs is 5. The number of hydrogen-bond donors (Lipinski definition) is 0. The summed E-state index contributed by atoms with van der Waals surface area (Å²) >= 11 is 0. The van der Waals surface area contributed by atoms with Crippen molar-refractivity contribution in [3.63, 3.8) is 0 Å². The highest BCUT2D eigenvalue weighted by Gasteiger charge is 2.18. The molecule has 8 aromatic carbocycles. The summed E-state index contributed by atoms with van der Waals surface area (Å²) in [6.07, 6.45) is 0. The summed E-state index contributed by atoms with van der Waals surface area (Å²) in [4.78, 5) is 0. The van der Waals surface area contributed by atoms with Crippen molar-refractivity contribution < 1.29 is 0 Å². The molecule has 9 rings (SSSR count). The van der Waals surface area contributed by atoms with Crippen LogP contribution in [0.15, 0.2) is 170 Å². The van der Waals surface area contributed by atoms with Crippen LogP contribution < -0.4 is 0 Å². The molecule has 1 aromatic heterocycles. The molecule has 2 nitrogen and oxygen atoms in total. The van der Waals surface area contributed by atoms with Gasteiger partial charge in [-0.1, -0.05) is 121 Å². The normalized spacial score (nSPS) is 11.4. The number of para-hydroxylation sites is 1. The van der Waals surface area contributed by atoms with Crippen LogP contribution in [0.3, 0.4) is 0 Å². The number of benzene rings is 8. The van der Waals surface area contributed by atoms with Crippen molar-refractivity contribution >= 4 is 43.4 Å². The second-order valence-electron chi connectivity index (χ2n) is 12.0. The van der Waals surface area contributed by atoms with Crippen LogP contribution in [0.5, 0.6) is 0 Å². The number of nitrogens with zero attached hydrogens (tertiary/aromatic N) is 2. The maximum atomic E-state index is 9.77. The van der Waals surface area contributed by atoms with E-state index < -0.39 is 0 Å². The van der Waals surface area contributed by atoms with Gasteiger partial charge in [-0.25, -0.2) is 0 Å². The standard InChI is InChI=1S/C45H28N2/c46-29-30-20-24-42-39(26-30)40-27-34(22-25-43(40)47(42)35-16-8-3-9-17-35)33-21-23-38-41(28-33)45(32-14-6-2-7-15-32)37-19-11-10-18-36(37)44(38)31-12-4-1-5-13-31/h1-28H. The zero-order valence-electron chi connectivity index (χ0n) is 25.6. The molecular formula is C45H28N2. The zero-order valence-corrected chi connectivity index (χ0v) is 25.6. The van der Waals surface area contributed by atoms with E-state index in [0.29, 0.717) is 5.56 Å². The lowest BCUT2D eigenvalue weighted by atomic mass is 9.85. The summed E-state index contributed by atoms with van der Waals surface area (Å²) in [7, 11) is 0. The van der Waals surface area contributed by atoms with Gasteiger partial charge < -0.3 is 4.57 Å². The molecule has 0 aliphatic rings. The summed E-state index contributed by atoms with van der Waals surface area (Å²) in [6, 6.07) is 62.8. The van der Waals surface area contributed by atoms with E-state index in [1.165, 1.54) is 43.8 Å². The van der Waals surface area contributed by atoms with Gasteiger partial charge in [-0.3, -0.25) is 0 Å². The van der Waals surface area contributed by atoms with Crippen molar-refractivity contribution in [1.82, 2.24) is 4.57 Å². The van der Waals surface area contributed by atoms with Gasteiger partial charge in [0.25, 0.3) is 0 Å². The first kappa shape index (κ1) is 26.9. The van der Waals surface area contributed by atoms with Gasteiger partial charge in [0.2, 0.25) is 0 Å². The molecule has 0 amide bonds. The molecular weight excluding hydrogens is 569 g/mol. The zero-order chi connectivity index (χ0) is 31.3. The summed E-state index contributed by atoms with van der Waals surface area (Å²) in [5.74, 6) is 0. The Morgan fingerprint density at radius 2 is 0.830 bits per heavy atom. The fourth-order valence-corrected chi connectivity index (χ4v) is 7.32. The molecule has 0 atom stereocenters. The Kier molecular flexibility index (Phi) is 6.23. The molecule has 2 heteroatoms. The third kappa shape index (κ3) is 4.33. The lowest BCUT2D eigenvalue weighted by molar-refractivity contribution is 1.18. The molecule has 9 aromatic rings. The third-order valence-electron chi connectivity index (χ3n) is 9.39. The predicted molar refractivity (Wildman–Crippen MR) is 197 cm³/mol. The van der Waals surface area contributed by atoms with E-state index in [-0.39, 0.29) is 0 Å². The smallest absolute Gasteiger partial charge is 0.0991 e. The Morgan fingerprint density at radius 1 is 0.362 bits per heavy atom. The van der Waals surface area contributed by atoms with Crippen molar-refractivity contribution in [2.75, 3.05) is 0 Å². The minimum atomic E-state index is 0.661. The SMILES string of the molecule is N#Cc1ccc2c(c1)c1cc(-c3ccc4c(-c5ccccc5)c5ccccc5c(-c5ccccc5)c4c3)ccc1n2-c1ccccc1. The lowest BCUT2D eigenvalue weighted by Crippen LogP contribution is -1.93. The van der Waals surface area contributed by atoms with Crippen molar-refractivity contribution in [3.8, 4) is 45.1 Å². The highest BCUT2D eigenvalue weighted by Crippen LogP contribution is 2.45. The first-order valence-electron chi connectivity index (χ1n) is 15.9. The maximum absolute atomic E-state index is 9.77. The largest absolute Gasteiger partial charge is 0.309 e. The molecule has 0 fully saturated rings. The van der Waals surface area contributed by atoms with Crippen LogP contribution in [-0.2, 0) is 0 Å². The van der Waals surface area contributed by atoms with E-state index in [2.05, 4.69) is 162 Å². The van der Waals surface area contributed by atoms with E-state index in [4.69, 9.17) is 0 Å². The Balaban J connectivity index is 1.35. The maximum Gasteiger partial charge on any atom is 0.0991 e. The minimum absolute atomic E-state index is 0.661. The monoisotopic (exact) mass is 596 g/mol. The Bertz CT molecular complexity index is 2660. The summed E-state index contributed by atoms with van der Waals surface area (Å²) < 4.78 is 2.29. The van der Waals surface area contributed by atoms with Crippen molar-refractivity contribution in [2.45, 2.75) is 0 Å². The molecule has 218 valence electrons. The highest BCUT2D eigenvalue weighted by atomic mass is 15.0. The quantitative estimate of drug-likeness (QED) is 0.186. The second kappa shape index (κ2) is 10.9. The fourth-order valence-electron chi connectivity index (χ4n) is 7.32. The second-order valence-corrected chi connectivity index (χ2v) is 12.0.